The van der Waals surface area contributed by atoms with Crippen molar-refractivity contribution < 1.29 is 9.53 Å². The zero-order valence-electron chi connectivity index (χ0n) is 9.54. The summed E-state index contributed by atoms with van der Waals surface area (Å²) in [6, 6.07) is 7.58. The molecule has 6 heteroatoms. The summed E-state index contributed by atoms with van der Waals surface area (Å²) in [5.41, 5.74) is 6.95. The van der Waals surface area contributed by atoms with Gasteiger partial charge in [0.25, 0.3) is 0 Å². The summed E-state index contributed by atoms with van der Waals surface area (Å²) in [4.78, 5) is 11.5. The lowest BCUT2D eigenvalue weighted by Gasteiger charge is -2.05. The normalized spacial score (nSPS) is 10.3. The molecule has 0 aliphatic rings. The van der Waals surface area contributed by atoms with E-state index in [4.69, 9.17) is 10.5 Å². The Bertz CT molecular complexity index is 537. The van der Waals surface area contributed by atoms with Crippen LogP contribution >= 0.6 is 15.9 Å². The molecule has 0 fully saturated rings. The maximum Gasteiger partial charge on any atom is 0.328 e. The van der Waals surface area contributed by atoms with Gasteiger partial charge in [0, 0.05) is 10.7 Å². The molecule has 0 bridgehead atoms. The van der Waals surface area contributed by atoms with Crippen molar-refractivity contribution in [3.8, 4) is 0 Å². The number of hydrogen-bond acceptors (Lipinski definition) is 4. The van der Waals surface area contributed by atoms with E-state index in [-0.39, 0.29) is 19.1 Å². The summed E-state index contributed by atoms with van der Waals surface area (Å²) in [6.45, 7) is 0.316. The molecule has 94 valence electrons. The van der Waals surface area contributed by atoms with Gasteiger partial charge in [0.05, 0.1) is 11.9 Å². The molecule has 1 aromatic carbocycles. The number of aromatic nitrogens is 2. The highest BCUT2D eigenvalue weighted by Gasteiger charge is 2.05. The predicted octanol–water partition coefficient (Wildman–Crippen LogP) is 1.97. The van der Waals surface area contributed by atoms with Crippen LogP contribution in [0.2, 0.25) is 0 Å². The third-order valence-electron chi connectivity index (χ3n) is 2.26. The van der Waals surface area contributed by atoms with E-state index in [9.17, 15) is 4.79 Å². The van der Waals surface area contributed by atoms with Gasteiger partial charge in [-0.05, 0) is 17.7 Å². The monoisotopic (exact) mass is 309 g/mol. The minimum atomic E-state index is -0.346. The van der Waals surface area contributed by atoms with Gasteiger partial charge in [-0.2, -0.15) is 5.10 Å². The highest BCUT2D eigenvalue weighted by atomic mass is 79.9. The lowest BCUT2D eigenvalue weighted by molar-refractivity contribution is -0.145. The molecule has 0 spiro atoms. The molecule has 0 amide bonds. The number of carbonyl (C=O) groups excluding carboxylic acids is 1. The van der Waals surface area contributed by atoms with E-state index in [1.165, 1.54) is 10.9 Å². The van der Waals surface area contributed by atoms with E-state index in [1.54, 1.807) is 6.20 Å². The molecule has 1 aromatic heterocycles. The fourth-order valence-corrected chi connectivity index (χ4v) is 1.65. The van der Waals surface area contributed by atoms with Crippen molar-refractivity contribution in [2.75, 3.05) is 5.73 Å². The maximum atomic E-state index is 11.5. The number of nitrogens with two attached hydrogens (primary N) is 1. The topological polar surface area (TPSA) is 70.1 Å². The smallest absolute Gasteiger partial charge is 0.328 e. The van der Waals surface area contributed by atoms with Crippen LogP contribution in [0.4, 0.5) is 5.69 Å². The second-order valence-corrected chi connectivity index (χ2v) is 4.67. The SMILES string of the molecule is Nc1cnn(CC(=O)OCc2ccc(Br)cc2)c1. The Morgan fingerprint density at radius 2 is 2.11 bits per heavy atom. The molecule has 0 aliphatic heterocycles. The lowest BCUT2D eigenvalue weighted by Crippen LogP contribution is -2.13. The van der Waals surface area contributed by atoms with Crippen LogP contribution in [0.1, 0.15) is 5.56 Å². The lowest BCUT2D eigenvalue weighted by atomic mass is 10.2. The molecule has 0 atom stereocenters. The summed E-state index contributed by atoms with van der Waals surface area (Å²) < 4.78 is 7.56. The van der Waals surface area contributed by atoms with Gasteiger partial charge in [0.15, 0.2) is 0 Å². The van der Waals surface area contributed by atoms with Crippen LogP contribution in [-0.2, 0) is 22.7 Å². The van der Waals surface area contributed by atoms with Gasteiger partial charge in [0.2, 0.25) is 0 Å². The van der Waals surface area contributed by atoms with Crippen LogP contribution in [0.3, 0.4) is 0 Å². The van der Waals surface area contributed by atoms with E-state index in [2.05, 4.69) is 21.0 Å². The third-order valence-corrected chi connectivity index (χ3v) is 2.79. The molecule has 1 heterocycles. The second-order valence-electron chi connectivity index (χ2n) is 3.76. The van der Waals surface area contributed by atoms with Gasteiger partial charge in [-0.1, -0.05) is 28.1 Å². The summed E-state index contributed by atoms with van der Waals surface area (Å²) in [6.07, 6.45) is 3.07. The van der Waals surface area contributed by atoms with Crippen LogP contribution in [0.25, 0.3) is 0 Å². The Morgan fingerprint density at radius 3 is 2.72 bits per heavy atom. The first-order valence-corrected chi connectivity index (χ1v) is 6.11. The first-order chi connectivity index (χ1) is 8.63. The van der Waals surface area contributed by atoms with E-state index >= 15 is 0 Å². The Hall–Kier alpha value is -1.82. The average molecular weight is 310 g/mol. The molecule has 2 rings (SSSR count). The highest BCUT2D eigenvalue weighted by molar-refractivity contribution is 9.10. The Labute approximate surface area is 113 Å². The van der Waals surface area contributed by atoms with Gasteiger partial charge in [-0.15, -0.1) is 0 Å². The molecule has 0 unspecified atom stereocenters. The van der Waals surface area contributed by atoms with Crippen molar-refractivity contribution >= 4 is 27.6 Å². The fraction of sp³-hybridized carbons (Fsp3) is 0.167. The van der Waals surface area contributed by atoms with Crippen LogP contribution in [0.5, 0.6) is 0 Å². The standard InChI is InChI=1S/C12H12BrN3O2/c13-10-3-1-9(2-4-10)8-18-12(17)7-16-6-11(14)5-15-16/h1-6H,7-8,14H2. The van der Waals surface area contributed by atoms with Gasteiger partial charge in [0.1, 0.15) is 13.2 Å². The van der Waals surface area contributed by atoms with E-state index in [0.29, 0.717) is 5.69 Å². The summed E-state index contributed by atoms with van der Waals surface area (Å²) in [5, 5.41) is 3.91. The van der Waals surface area contributed by atoms with Gasteiger partial charge in [-0.3, -0.25) is 9.48 Å². The number of benzene rings is 1. The fourth-order valence-electron chi connectivity index (χ4n) is 1.39. The van der Waals surface area contributed by atoms with E-state index in [1.807, 2.05) is 24.3 Å². The van der Waals surface area contributed by atoms with Crippen LogP contribution in [0, 0.1) is 0 Å². The number of hydrogen-bond donors (Lipinski definition) is 1. The Balaban J connectivity index is 1.83. The zero-order chi connectivity index (χ0) is 13.0. The minimum absolute atomic E-state index is 0.0632. The van der Waals surface area contributed by atoms with Gasteiger partial charge in [-0.25, -0.2) is 0 Å². The molecule has 0 saturated carbocycles. The Morgan fingerprint density at radius 1 is 1.39 bits per heavy atom. The highest BCUT2D eigenvalue weighted by Crippen LogP contribution is 2.11. The quantitative estimate of drug-likeness (QED) is 0.877. The molecule has 2 N–H and O–H groups in total. The molecule has 2 aromatic rings. The molecule has 0 saturated heterocycles. The number of nitrogens with zero attached hydrogens (tertiary/aromatic N) is 2. The van der Waals surface area contributed by atoms with Crippen molar-refractivity contribution in [3.63, 3.8) is 0 Å². The first kappa shape index (κ1) is 12.6. The first-order valence-electron chi connectivity index (χ1n) is 5.31. The molecule has 0 radical (unpaired) electrons. The Kier molecular flexibility index (Phi) is 3.99. The van der Waals surface area contributed by atoms with Crippen LogP contribution < -0.4 is 5.73 Å². The predicted molar refractivity (Wildman–Crippen MR) is 70.6 cm³/mol. The summed E-state index contributed by atoms with van der Waals surface area (Å²) in [7, 11) is 0. The van der Waals surface area contributed by atoms with Crippen molar-refractivity contribution in [2.45, 2.75) is 13.2 Å². The second kappa shape index (κ2) is 5.68. The van der Waals surface area contributed by atoms with Crippen LogP contribution in [0.15, 0.2) is 41.1 Å². The summed E-state index contributed by atoms with van der Waals surface area (Å²) >= 11 is 3.34. The zero-order valence-corrected chi connectivity index (χ0v) is 11.1. The third kappa shape index (κ3) is 3.59. The van der Waals surface area contributed by atoms with Gasteiger partial charge < -0.3 is 10.5 Å². The number of halogens is 1. The van der Waals surface area contributed by atoms with E-state index in [0.717, 1.165) is 10.0 Å². The van der Waals surface area contributed by atoms with Crippen molar-refractivity contribution in [2.24, 2.45) is 0 Å². The number of anilines is 1. The summed E-state index contributed by atoms with van der Waals surface area (Å²) in [5.74, 6) is -0.346. The number of nitrogen functional groups attached to an aromatic ring is 1. The average Bonchev–Trinajstić information content (AvgIpc) is 2.74. The minimum Gasteiger partial charge on any atom is -0.459 e. The number of rotatable bonds is 4. The van der Waals surface area contributed by atoms with Crippen molar-refractivity contribution in [1.29, 1.82) is 0 Å². The maximum absolute atomic E-state index is 11.5. The molecule has 0 aliphatic carbocycles. The molecular formula is C12H12BrN3O2. The molecular weight excluding hydrogens is 298 g/mol. The molecule has 5 nitrogen and oxygen atoms in total. The van der Waals surface area contributed by atoms with E-state index < -0.39 is 0 Å². The largest absolute Gasteiger partial charge is 0.459 e. The van der Waals surface area contributed by atoms with Gasteiger partial charge >= 0.3 is 5.97 Å². The van der Waals surface area contributed by atoms with Crippen molar-refractivity contribution in [3.05, 3.63) is 46.7 Å². The van der Waals surface area contributed by atoms with Crippen LogP contribution in [-0.4, -0.2) is 15.7 Å². The number of ether oxygens (including phenoxy) is 1. The number of esters is 1. The number of carbonyl (C=O) groups is 1. The molecule has 18 heavy (non-hydrogen) atoms. The van der Waals surface area contributed by atoms with Crippen molar-refractivity contribution in [1.82, 2.24) is 9.78 Å².